The molecular weight excluding hydrogens is 639 g/mol. The van der Waals surface area contributed by atoms with E-state index in [-0.39, 0.29) is 5.41 Å². The van der Waals surface area contributed by atoms with E-state index in [2.05, 4.69) is 176 Å². The molecule has 256 valence electrons. The maximum atomic E-state index is 2.51. The first-order chi connectivity index (χ1) is 26.0. The van der Waals surface area contributed by atoms with E-state index in [1.165, 1.54) is 115 Å². The lowest BCUT2D eigenvalue weighted by atomic mass is 9.80. The summed E-state index contributed by atoms with van der Waals surface area (Å²) in [7, 11) is 0. The van der Waals surface area contributed by atoms with Crippen molar-refractivity contribution in [1.29, 1.82) is 0 Å². The molecule has 3 unspecified atom stereocenters. The first-order valence-electron chi connectivity index (χ1n) is 19.6. The van der Waals surface area contributed by atoms with Crippen molar-refractivity contribution in [3.8, 4) is 55.6 Å². The van der Waals surface area contributed by atoms with E-state index in [0.29, 0.717) is 5.92 Å². The molecule has 4 aliphatic rings. The first-order valence-corrected chi connectivity index (χ1v) is 19.6. The number of nitrogens with zero attached hydrogens (tertiary/aromatic N) is 1. The SMILES string of the molecule is CC1(C)c2ccccc2-c2ccc(N(c3ccc(C4CC5CCC4C5)cc3)c3ccc4c(c3)-c3ccccc3-c3ccccc3-c3ccccc3-4)cc21. The molecule has 7 aromatic rings. The molecule has 53 heavy (non-hydrogen) atoms. The van der Waals surface area contributed by atoms with Gasteiger partial charge in [-0.3, -0.25) is 0 Å². The van der Waals surface area contributed by atoms with Crippen LogP contribution in [0.5, 0.6) is 0 Å². The molecule has 0 amide bonds. The van der Waals surface area contributed by atoms with Gasteiger partial charge < -0.3 is 4.90 Å². The molecule has 3 atom stereocenters. The van der Waals surface area contributed by atoms with Crippen LogP contribution in [0, 0.1) is 11.8 Å². The number of hydrogen-bond donors (Lipinski definition) is 0. The van der Waals surface area contributed by atoms with E-state index in [1.807, 2.05) is 0 Å². The van der Waals surface area contributed by atoms with Gasteiger partial charge in [0.15, 0.2) is 0 Å². The number of anilines is 3. The fourth-order valence-corrected chi connectivity index (χ4v) is 10.8. The van der Waals surface area contributed by atoms with Gasteiger partial charge in [0.05, 0.1) is 0 Å². The monoisotopic (exact) mass is 681 g/mol. The van der Waals surface area contributed by atoms with Crippen LogP contribution < -0.4 is 4.90 Å². The normalized spacial score (nSPS) is 19.5. The quantitative estimate of drug-likeness (QED) is 0.179. The van der Waals surface area contributed by atoms with Crippen molar-refractivity contribution in [3.63, 3.8) is 0 Å². The Labute approximate surface area is 313 Å². The van der Waals surface area contributed by atoms with Crippen LogP contribution in [0.1, 0.15) is 62.1 Å². The summed E-state index contributed by atoms with van der Waals surface area (Å²) in [5.74, 6) is 2.51. The molecule has 2 saturated carbocycles. The Kier molecular flexibility index (Phi) is 6.81. The summed E-state index contributed by atoms with van der Waals surface area (Å²) in [5, 5.41) is 0. The van der Waals surface area contributed by atoms with E-state index >= 15 is 0 Å². The average molecular weight is 682 g/mol. The van der Waals surface area contributed by atoms with Gasteiger partial charge in [-0.1, -0.05) is 142 Å². The van der Waals surface area contributed by atoms with Crippen LogP contribution in [0.15, 0.2) is 158 Å². The van der Waals surface area contributed by atoms with Crippen molar-refractivity contribution in [1.82, 2.24) is 0 Å². The van der Waals surface area contributed by atoms with Gasteiger partial charge in [0.1, 0.15) is 0 Å². The van der Waals surface area contributed by atoms with E-state index in [4.69, 9.17) is 0 Å². The van der Waals surface area contributed by atoms with Crippen LogP contribution in [0.3, 0.4) is 0 Å². The second-order valence-electron chi connectivity index (χ2n) is 16.5. The van der Waals surface area contributed by atoms with E-state index in [1.54, 1.807) is 0 Å². The van der Waals surface area contributed by atoms with Gasteiger partial charge in [0, 0.05) is 22.5 Å². The minimum absolute atomic E-state index is 0.0820. The maximum Gasteiger partial charge on any atom is 0.0468 e. The third-order valence-corrected chi connectivity index (χ3v) is 13.3. The molecular formula is C52H43N. The summed E-state index contributed by atoms with van der Waals surface area (Å²) in [6.07, 6.45) is 5.63. The third kappa shape index (κ3) is 4.69. The molecule has 0 heterocycles. The van der Waals surface area contributed by atoms with Crippen LogP contribution >= 0.6 is 0 Å². The summed E-state index contributed by atoms with van der Waals surface area (Å²) in [6.45, 7) is 4.76. The Morgan fingerprint density at radius 3 is 1.45 bits per heavy atom. The molecule has 0 spiro atoms. The maximum absolute atomic E-state index is 2.51. The Morgan fingerprint density at radius 1 is 0.415 bits per heavy atom. The van der Waals surface area contributed by atoms with Crippen molar-refractivity contribution >= 4 is 17.1 Å². The first kappa shape index (κ1) is 30.9. The van der Waals surface area contributed by atoms with Gasteiger partial charge in [0.25, 0.3) is 0 Å². The zero-order valence-electron chi connectivity index (χ0n) is 30.5. The average Bonchev–Trinajstić information content (AvgIpc) is 3.91. The van der Waals surface area contributed by atoms with Gasteiger partial charge in [-0.2, -0.15) is 0 Å². The predicted octanol–water partition coefficient (Wildman–Crippen LogP) is 14.3. The Morgan fingerprint density at radius 2 is 0.887 bits per heavy atom. The van der Waals surface area contributed by atoms with Crippen molar-refractivity contribution in [3.05, 3.63) is 174 Å². The van der Waals surface area contributed by atoms with Crippen LogP contribution in [-0.4, -0.2) is 0 Å². The van der Waals surface area contributed by atoms with Gasteiger partial charge in [0.2, 0.25) is 0 Å². The number of hydrogen-bond acceptors (Lipinski definition) is 1. The van der Waals surface area contributed by atoms with Crippen molar-refractivity contribution in [2.45, 2.75) is 50.9 Å². The minimum Gasteiger partial charge on any atom is -0.310 e. The standard InChI is InChI=1S/C52H43N/c1-52(2)50-18-10-9-17-46(50)47-28-26-38(32-51(47)52)53(36-23-21-34(22-24-36)48-30-33-19-20-35(48)29-33)37-25-27-45-43-15-6-5-13-41(43)39-11-3-4-12-40(39)42-14-7-8-16-44(42)49(45)31-37/h3-18,21-28,31-33,35,48H,19-20,29-30H2,1-2H3. The zero-order valence-corrected chi connectivity index (χ0v) is 30.5. The van der Waals surface area contributed by atoms with Crippen LogP contribution in [0.4, 0.5) is 17.1 Å². The van der Waals surface area contributed by atoms with Crippen LogP contribution in [0.25, 0.3) is 55.6 Å². The summed E-state index contributed by atoms with van der Waals surface area (Å²) in [4.78, 5) is 2.51. The number of rotatable bonds is 4. The molecule has 0 aromatic heterocycles. The molecule has 11 rings (SSSR count). The highest BCUT2D eigenvalue weighted by Crippen LogP contribution is 2.55. The molecule has 0 saturated heterocycles. The summed E-state index contributed by atoms with van der Waals surface area (Å²) >= 11 is 0. The van der Waals surface area contributed by atoms with Gasteiger partial charge in [-0.05, 0) is 146 Å². The Bertz CT molecular complexity index is 2570. The second kappa shape index (κ2) is 11.7. The highest BCUT2D eigenvalue weighted by molar-refractivity contribution is 6.04. The van der Waals surface area contributed by atoms with Gasteiger partial charge in [-0.25, -0.2) is 0 Å². The lowest BCUT2D eigenvalue weighted by Gasteiger charge is -2.30. The van der Waals surface area contributed by atoms with Crippen molar-refractivity contribution in [2.24, 2.45) is 11.8 Å². The van der Waals surface area contributed by atoms with Crippen molar-refractivity contribution < 1.29 is 0 Å². The molecule has 2 bridgehead atoms. The largest absolute Gasteiger partial charge is 0.310 e. The third-order valence-electron chi connectivity index (χ3n) is 13.3. The minimum atomic E-state index is -0.0820. The summed E-state index contributed by atoms with van der Waals surface area (Å²) < 4.78 is 0. The fraction of sp³-hybridized carbons (Fsp3) is 0.192. The van der Waals surface area contributed by atoms with Crippen LogP contribution in [0.2, 0.25) is 0 Å². The van der Waals surface area contributed by atoms with E-state index < -0.39 is 0 Å². The number of fused-ring (bicyclic) bond motifs is 13. The Hall–Kier alpha value is -5.66. The lowest BCUT2D eigenvalue weighted by Crippen LogP contribution is -2.16. The molecule has 7 aromatic carbocycles. The summed E-state index contributed by atoms with van der Waals surface area (Å²) in [5.41, 5.74) is 20.7. The van der Waals surface area contributed by atoms with E-state index in [9.17, 15) is 0 Å². The number of benzene rings is 7. The van der Waals surface area contributed by atoms with E-state index in [0.717, 1.165) is 11.8 Å². The summed E-state index contributed by atoms with van der Waals surface area (Å²) in [6, 6.07) is 59.8. The highest BCUT2D eigenvalue weighted by Gasteiger charge is 2.40. The molecule has 4 aliphatic carbocycles. The molecule has 1 nitrogen and oxygen atoms in total. The topological polar surface area (TPSA) is 3.24 Å². The molecule has 0 radical (unpaired) electrons. The molecule has 1 heteroatoms. The van der Waals surface area contributed by atoms with Gasteiger partial charge >= 0.3 is 0 Å². The molecule has 0 N–H and O–H groups in total. The second-order valence-corrected chi connectivity index (χ2v) is 16.5. The van der Waals surface area contributed by atoms with Crippen molar-refractivity contribution in [2.75, 3.05) is 4.90 Å². The highest BCUT2D eigenvalue weighted by atomic mass is 15.1. The Balaban J connectivity index is 1.11. The van der Waals surface area contributed by atoms with Crippen LogP contribution in [-0.2, 0) is 5.41 Å². The molecule has 0 aliphatic heterocycles. The smallest absolute Gasteiger partial charge is 0.0468 e. The zero-order chi connectivity index (χ0) is 35.3. The predicted molar refractivity (Wildman–Crippen MR) is 222 cm³/mol. The lowest BCUT2D eigenvalue weighted by molar-refractivity contribution is 0.420. The molecule has 2 fully saturated rings. The fourth-order valence-electron chi connectivity index (χ4n) is 10.8. The van der Waals surface area contributed by atoms with Gasteiger partial charge in [-0.15, -0.1) is 0 Å².